The SMILES string of the molecule is COc1cc(CNC(=O)N2CCN(S(=O)(=O)c3ccc(Cl)s3)CC2)cc(OC)c1OC. The zero-order valence-electron chi connectivity index (χ0n) is 17.4. The lowest BCUT2D eigenvalue weighted by Gasteiger charge is -2.33. The van der Waals surface area contributed by atoms with Gasteiger partial charge in [-0.25, -0.2) is 13.2 Å². The first-order chi connectivity index (χ1) is 14.8. The first kappa shape index (κ1) is 23.5. The van der Waals surface area contributed by atoms with E-state index in [1.807, 2.05) is 0 Å². The van der Waals surface area contributed by atoms with Gasteiger partial charge in [0.2, 0.25) is 5.75 Å². The van der Waals surface area contributed by atoms with E-state index < -0.39 is 10.0 Å². The average Bonchev–Trinajstić information content (AvgIpc) is 3.23. The number of ether oxygens (including phenoxy) is 3. The molecule has 9 nitrogen and oxygen atoms in total. The van der Waals surface area contributed by atoms with Gasteiger partial charge in [0.1, 0.15) is 4.21 Å². The van der Waals surface area contributed by atoms with E-state index in [-0.39, 0.29) is 29.9 Å². The maximum absolute atomic E-state index is 12.7. The number of carbonyl (C=O) groups is 1. The van der Waals surface area contributed by atoms with E-state index in [0.717, 1.165) is 16.9 Å². The van der Waals surface area contributed by atoms with Crippen LogP contribution in [0.1, 0.15) is 5.56 Å². The van der Waals surface area contributed by atoms with Gasteiger partial charge in [-0.3, -0.25) is 0 Å². The van der Waals surface area contributed by atoms with Crippen molar-refractivity contribution in [1.82, 2.24) is 14.5 Å². The van der Waals surface area contributed by atoms with Crippen molar-refractivity contribution < 1.29 is 27.4 Å². The van der Waals surface area contributed by atoms with Crippen LogP contribution in [0.15, 0.2) is 28.5 Å². The number of rotatable bonds is 7. The Kier molecular flexibility index (Phi) is 7.52. The number of sulfonamides is 1. The van der Waals surface area contributed by atoms with Crippen molar-refractivity contribution in [2.24, 2.45) is 0 Å². The van der Waals surface area contributed by atoms with Gasteiger partial charge < -0.3 is 24.4 Å². The number of urea groups is 1. The molecule has 0 unspecified atom stereocenters. The van der Waals surface area contributed by atoms with Crippen LogP contribution in [0.25, 0.3) is 0 Å². The standard InChI is InChI=1S/C19H24ClN3O6S2/c1-27-14-10-13(11-15(28-2)18(14)29-3)12-21-19(24)22-6-8-23(9-7-22)31(25,26)17-5-4-16(20)30-17/h4-5,10-11H,6-9,12H2,1-3H3,(H,21,24). The minimum atomic E-state index is -3.60. The summed E-state index contributed by atoms with van der Waals surface area (Å²) in [6.07, 6.45) is 0. The number of thiophene rings is 1. The predicted octanol–water partition coefficient (Wildman–Crippen LogP) is 2.64. The number of halogens is 1. The van der Waals surface area contributed by atoms with Gasteiger partial charge in [-0.1, -0.05) is 11.6 Å². The largest absolute Gasteiger partial charge is 0.493 e. The van der Waals surface area contributed by atoms with Gasteiger partial charge in [-0.05, 0) is 29.8 Å². The summed E-state index contributed by atoms with van der Waals surface area (Å²) in [6.45, 7) is 1.27. The molecule has 0 aliphatic carbocycles. The Hall–Kier alpha value is -2.21. The van der Waals surface area contributed by atoms with E-state index in [1.54, 1.807) is 23.1 Å². The molecule has 1 saturated heterocycles. The summed E-state index contributed by atoms with van der Waals surface area (Å²) < 4.78 is 43.3. The average molecular weight is 490 g/mol. The van der Waals surface area contributed by atoms with Gasteiger partial charge in [0.25, 0.3) is 10.0 Å². The van der Waals surface area contributed by atoms with Crippen molar-refractivity contribution in [3.8, 4) is 17.2 Å². The summed E-state index contributed by atoms with van der Waals surface area (Å²) in [4.78, 5) is 14.2. The van der Waals surface area contributed by atoms with Crippen LogP contribution in [-0.4, -0.2) is 71.2 Å². The van der Waals surface area contributed by atoms with Crippen molar-refractivity contribution >= 4 is 39.0 Å². The van der Waals surface area contributed by atoms with Gasteiger partial charge in [0.05, 0.1) is 25.7 Å². The molecule has 31 heavy (non-hydrogen) atoms. The fourth-order valence-electron chi connectivity index (χ4n) is 3.22. The van der Waals surface area contributed by atoms with Crippen molar-refractivity contribution in [2.45, 2.75) is 10.8 Å². The molecule has 0 saturated carbocycles. The monoisotopic (exact) mass is 489 g/mol. The molecule has 1 N–H and O–H groups in total. The normalized spacial score (nSPS) is 14.9. The highest BCUT2D eigenvalue weighted by molar-refractivity contribution is 7.91. The minimum Gasteiger partial charge on any atom is -0.493 e. The van der Waals surface area contributed by atoms with Crippen molar-refractivity contribution in [2.75, 3.05) is 47.5 Å². The summed E-state index contributed by atoms with van der Waals surface area (Å²) in [5, 5.41) is 2.85. The second-order valence-electron chi connectivity index (χ2n) is 6.64. The van der Waals surface area contributed by atoms with E-state index in [9.17, 15) is 13.2 Å². The van der Waals surface area contributed by atoms with E-state index >= 15 is 0 Å². The molecule has 1 fully saturated rings. The van der Waals surface area contributed by atoms with Crippen molar-refractivity contribution in [1.29, 1.82) is 0 Å². The lowest BCUT2D eigenvalue weighted by molar-refractivity contribution is 0.172. The van der Waals surface area contributed by atoms with Crippen LogP contribution in [0.4, 0.5) is 4.79 Å². The van der Waals surface area contributed by atoms with E-state index in [4.69, 9.17) is 25.8 Å². The highest BCUT2D eigenvalue weighted by Gasteiger charge is 2.31. The molecule has 0 bridgehead atoms. The highest BCUT2D eigenvalue weighted by Crippen LogP contribution is 2.38. The second-order valence-corrected chi connectivity index (χ2v) is 10.5. The molecule has 12 heteroatoms. The number of nitrogens with one attached hydrogen (secondary N) is 1. The van der Waals surface area contributed by atoms with Crippen LogP contribution in [-0.2, 0) is 16.6 Å². The van der Waals surface area contributed by atoms with E-state index in [2.05, 4.69) is 5.32 Å². The molecule has 0 atom stereocenters. The number of hydrogen-bond donors (Lipinski definition) is 1. The summed E-state index contributed by atoms with van der Waals surface area (Å²) in [6, 6.07) is 6.31. The number of methoxy groups -OCH3 is 3. The molecule has 1 aromatic heterocycles. The predicted molar refractivity (Wildman–Crippen MR) is 118 cm³/mol. The fourth-order valence-corrected chi connectivity index (χ4v) is 6.28. The van der Waals surface area contributed by atoms with Crippen LogP contribution in [0, 0.1) is 0 Å². The lowest BCUT2D eigenvalue weighted by atomic mass is 10.2. The summed E-state index contributed by atoms with van der Waals surface area (Å²) in [7, 11) is 0.975. The zero-order valence-corrected chi connectivity index (χ0v) is 19.8. The molecule has 0 radical (unpaired) electrons. The van der Waals surface area contributed by atoms with Gasteiger partial charge in [-0.15, -0.1) is 11.3 Å². The first-order valence-electron chi connectivity index (χ1n) is 9.37. The van der Waals surface area contributed by atoms with Gasteiger partial charge >= 0.3 is 6.03 Å². The molecule has 170 valence electrons. The quantitative estimate of drug-likeness (QED) is 0.642. The lowest BCUT2D eigenvalue weighted by Crippen LogP contribution is -2.52. The smallest absolute Gasteiger partial charge is 0.317 e. The molecule has 0 spiro atoms. The Labute approximate surface area is 190 Å². The van der Waals surface area contributed by atoms with Crippen LogP contribution < -0.4 is 19.5 Å². The van der Waals surface area contributed by atoms with Gasteiger partial charge in [0, 0.05) is 32.7 Å². The zero-order chi connectivity index (χ0) is 22.6. The molecule has 2 aromatic rings. The Morgan fingerprint density at radius 2 is 1.68 bits per heavy atom. The molecule has 1 aliphatic rings. The van der Waals surface area contributed by atoms with Gasteiger partial charge in [-0.2, -0.15) is 4.31 Å². The number of carbonyl (C=O) groups excluding carboxylic acids is 1. The number of piperazine rings is 1. The van der Waals surface area contributed by atoms with Crippen LogP contribution in [0.2, 0.25) is 4.34 Å². The molecular weight excluding hydrogens is 466 g/mol. The Morgan fingerprint density at radius 3 is 2.16 bits per heavy atom. The third kappa shape index (κ3) is 5.17. The first-order valence-corrected chi connectivity index (χ1v) is 12.0. The minimum absolute atomic E-state index is 0.206. The van der Waals surface area contributed by atoms with E-state index in [1.165, 1.54) is 31.7 Å². The Morgan fingerprint density at radius 1 is 1.06 bits per heavy atom. The third-order valence-electron chi connectivity index (χ3n) is 4.84. The number of benzene rings is 1. The van der Waals surface area contributed by atoms with E-state index in [0.29, 0.717) is 34.7 Å². The van der Waals surface area contributed by atoms with Crippen LogP contribution >= 0.6 is 22.9 Å². The second kappa shape index (κ2) is 9.94. The fraction of sp³-hybridized carbons (Fsp3) is 0.421. The Balaban J connectivity index is 1.58. The molecule has 2 amide bonds. The Bertz CT molecular complexity index is 1010. The number of hydrogen-bond acceptors (Lipinski definition) is 7. The summed E-state index contributed by atoms with van der Waals surface area (Å²) in [5.74, 6) is 1.47. The summed E-state index contributed by atoms with van der Waals surface area (Å²) >= 11 is 6.89. The van der Waals surface area contributed by atoms with Crippen molar-refractivity contribution in [3.05, 3.63) is 34.2 Å². The molecule has 3 rings (SSSR count). The maximum atomic E-state index is 12.7. The van der Waals surface area contributed by atoms with Crippen molar-refractivity contribution in [3.63, 3.8) is 0 Å². The van der Waals surface area contributed by atoms with Crippen LogP contribution in [0.3, 0.4) is 0 Å². The maximum Gasteiger partial charge on any atom is 0.317 e. The highest BCUT2D eigenvalue weighted by atomic mass is 35.5. The van der Waals surface area contributed by atoms with Crippen LogP contribution in [0.5, 0.6) is 17.2 Å². The molecule has 2 heterocycles. The number of nitrogens with zero attached hydrogens (tertiary/aromatic N) is 2. The molecule has 1 aliphatic heterocycles. The number of amides is 2. The molecule has 1 aromatic carbocycles. The topological polar surface area (TPSA) is 97.4 Å². The molecular formula is C19H24ClN3O6S2. The summed E-state index contributed by atoms with van der Waals surface area (Å²) in [5.41, 5.74) is 0.777. The van der Waals surface area contributed by atoms with Gasteiger partial charge in [0.15, 0.2) is 11.5 Å². The third-order valence-corrected chi connectivity index (χ3v) is 8.43.